The van der Waals surface area contributed by atoms with Crippen LogP contribution in [0.3, 0.4) is 0 Å². The van der Waals surface area contributed by atoms with Gasteiger partial charge in [-0.1, -0.05) is 13.3 Å². The molecule has 1 atom stereocenters. The van der Waals surface area contributed by atoms with Crippen LogP contribution < -0.4 is 0 Å². The Labute approximate surface area is 119 Å². The van der Waals surface area contributed by atoms with Crippen molar-refractivity contribution in [2.45, 2.75) is 45.2 Å². The highest BCUT2D eigenvalue weighted by Gasteiger charge is 2.34. The van der Waals surface area contributed by atoms with Crippen LogP contribution in [0.25, 0.3) is 0 Å². The summed E-state index contributed by atoms with van der Waals surface area (Å²) in [6.45, 7) is 2.39. The molecule has 1 amide bonds. The minimum Gasteiger partial charge on any atom is -0.467 e. The third kappa shape index (κ3) is 3.85. The van der Waals surface area contributed by atoms with Gasteiger partial charge < -0.3 is 9.32 Å². The lowest BCUT2D eigenvalue weighted by atomic mass is 10.1. The Morgan fingerprint density at radius 2 is 2.30 bits per heavy atom. The zero-order valence-corrected chi connectivity index (χ0v) is 12.6. The molecule has 20 heavy (non-hydrogen) atoms. The number of carbonyl (C=O) groups is 1. The molecule has 112 valence electrons. The van der Waals surface area contributed by atoms with E-state index < -0.39 is 9.84 Å². The van der Waals surface area contributed by atoms with Crippen LogP contribution in [0.15, 0.2) is 22.8 Å². The van der Waals surface area contributed by atoms with E-state index in [1.807, 2.05) is 13.0 Å². The molecule has 0 saturated carbocycles. The van der Waals surface area contributed by atoms with Crippen molar-refractivity contribution in [3.8, 4) is 0 Å². The fourth-order valence-electron chi connectivity index (χ4n) is 2.48. The van der Waals surface area contributed by atoms with Gasteiger partial charge in [0.15, 0.2) is 9.84 Å². The van der Waals surface area contributed by atoms with E-state index >= 15 is 0 Å². The van der Waals surface area contributed by atoms with E-state index in [1.165, 1.54) is 0 Å². The van der Waals surface area contributed by atoms with Crippen molar-refractivity contribution >= 4 is 15.7 Å². The number of carbonyl (C=O) groups excluding carboxylic acids is 1. The van der Waals surface area contributed by atoms with E-state index in [0.717, 1.165) is 12.8 Å². The molecule has 0 aromatic carbocycles. The number of furan rings is 1. The molecule has 0 spiro atoms. The monoisotopic (exact) mass is 299 g/mol. The van der Waals surface area contributed by atoms with Crippen LogP contribution in [0.5, 0.6) is 0 Å². The molecule has 2 heterocycles. The Balaban J connectivity index is 2.09. The summed E-state index contributed by atoms with van der Waals surface area (Å²) in [5, 5.41) is 0. The van der Waals surface area contributed by atoms with Crippen LogP contribution in [0.2, 0.25) is 0 Å². The number of amides is 1. The van der Waals surface area contributed by atoms with Gasteiger partial charge in [-0.15, -0.1) is 0 Å². The standard InChI is InChI=1S/C14H21NO4S/c1-2-3-6-14(16)15(10-13-5-4-8-19-13)12-7-9-20(17,18)11-12/h4-5,8,12H,2-3,6-7,9-11H2,1H3. The van der Waals surface area contributed by atoms with Crippen LogP contribution in [0.1, 0.15) is 38.4 Å². The summed E-state index contributed by atoms with van der Waals surface area (Å²) in [7, 11) is -3.00. The Hall–Kier alpha value is -1.30. The fourth-order valence-corrected chi connectivity index (χ4v) is 4.21. The summed E-state index contributed by atoms with van der Waals surface area (Å²) < 4.78 is 28.5. The van der Waals surface area contributed by atoms with Gasteiger partial charge in [0.2, 0.25) is 5.91 Å². The average molecular weight is 299 g/mol. The van der Waals surface area contributed by atoms with Gasteiger partial charge in [-0.3, -0.25) is 4.79 Å². The molecule has 5 nitrogen and oxygen atoms in total. The lowest BCUT2D eigenvalue weighted by Gasteiger charge is -2.27. The summed E-state index contributed by atoms with van der Waals surface area (Å²) in [4.78, 5) is 14.0. The van der Waals surface area contributed by atoms with Gasteiger partial charge in [0, 0.05) is 12.5 Å². The van der Waals surface area contributed by atoms with E-state index in [1.54, 1.807) is 17.2 Å². The zero-order chi connectivity index (χ0) is 14.6. The van der Waals surface area contributed by atoms with Crippen LogP contribution in [-0.2, 0) is 21.2 Å². The van der Waals surface area contributed by atoms with Gasteiger partial charge in [-0.2, -0.15) is 0 Å². The molecule has 1 aliphatic heterocycles. The SMILES string of the molecule is CCCCC(=O)N(Cc1ccco1)C1CCS(=O)(=O)C1. The highest BCUT2D eigenvalue weighted by atomic mass is 32.2. The molecular formula is C14H21NO4S. The molecule has 0 aliphatic carbocycles. The Morgan fingerprint density at radius 3 is 2.85 bits per heavy atom. The second-order valence-electron chi connectivity index (χ2n) is 5.26. The first-order chi connectivity index (χ1) is 9.52. The summed E-state index contributed by atoms with van der Waals surface area (Å²) in [6.07, 6.45) is 4.33. The molecule has 1 aromatic heterocycles. The average Bonchev–Trinajstić information content (AvgIpc) is 3.02. The smallest absolute Gasteiger partial charge is 0.223 e. The van der Waals surface area contributed by atoms with Crippen molar-refractivity contribution in [3.05, 3.63) is 24.2 Å². The summed E-state index contributed by atoms with van der Waals surface area (Å²) in [6, 6.07) is 3.37. The molecule has 1 aromatic rings. The van der Waals surface area contributed by atoms with Crippen molar-refractivity contribution in [3.63, 3.8) is 0 Å². The van der Waals surface area contributed by atoms with Crippen LogP contribution in [0, 0.1) is 0 Å². The van der Waals surface area contributed by atoms with Gasteiger partial charge in [-0.05, 0) is 25.0 Å². The molecule has 2 rings (SSSR count). The maximum absolute atomic E-state index is 12.3. The first kappa shape index (κ1) is 15.1. The summed E-state index contributed by atoms with van der Waals surface area (Å²) in [5.41, 5.74) is 0. The molecule has 0 bridgehead atoms. The van der Waals surface area contributed by atoms with Gasteiger partial charge in [0.1, 0.15) is 5.76 Å². The number of hydrogen-bond donors (Lipinski definition) is 0. The van der Waals surface area contributed by atoms with Crippen LogP contribution >= 0.6 is 0 Å². The zero-order valence-electron chi connectivity index (χ0n) is 11.7. The molecule has 1 saturated heterocycles. The Morgan fingerprint density at radius 1 is 1.50 bits per heavy atom. The highest BCUT2D eigenvalue weighted by Crippen LogP contribution is 2.21. The van der Waals surface area contributed by atoms with Crippen molar-refractivity contribution in [1.29, 1.82) is 0 Å². The molecular weight excluding hydrogens is 278 g/mol. The van der Waals surface area contributed by atoms with E-state index in [-0.39, 0.29) is 23.5 Å². The van der Waals surface area contributed by atoms with Gasteiger partial charge in [-0.25, -0.2) is 8.42 Å². The largest absolute Gasteiger partial charge is 0.467 e. The topological polar surface area (TPSA) is 67.6 Å². The highest BCUT2D eigenvalue weighted by molar-refractivity contribution is 7.91. The van der Waals surface area contributed by atoms with Crippen LogP contribution in [0.4, 0.5) is 0 Å². The molecule has 1 aliphatic rings. The van der Waals surface area contributed by atoms with Crippen molar-refractivity contribution < 1.29 is 17.6 Å². The van der Waals surface area contributed by atoms with Crippen molar-refractivity contribution in [1.82, 2.24) is 4.90 Å². The van der Waals surface area contributed by atoms with Gasteiger partial charge >= 0.3 is 0 Å². The number of hydrogen-bond acceptors (Lipinski definition) is 4. The maximum Gasteiger partial charge on any atom is 0.223 e. The number of sulfone groups is 1. The minimum absolute atomic E-state index is 0.0188. The van der Waals surface area contributed by atoms with E-state index in [9.17, 15) is 13.2 Å². The van der Waals surface area contributed by atoms with Gasteiger partial charge in [0.05, 0.1) is 24.3 Å². The molecule has 0 radical (unpaired) electrons. The predicted molar refractivity (Wildman–Crippen MR) is 75.8 cm³/mol. The van der Waals surface area contributed by atoms with Gasteiger partial charge in [0.25, 0.3) is 0 Å². The Kier molecular flexibility index (Phi) is 4.86. The number of nitrogens with zero attached hydrogens (tertiary/aromatic N) is 1. The quantitative estimate of drug-likeness (QED) is 0.805. The van der Waals surface area contributed by atoms with Crippen molar-refractivity contribution in [2.24, 2.45) is 0 Å². The predicted octanol–water partition coefficient (Wildman–Crippen LogP) is 1.99. The first-order valence-electron chi connectivity index (χ1n) is 7.04. The molecule has 6 heteroatoms. The minimum atomic E-state index is -3.00. The molecule has 1 fully saturated rings. The lowest BCUT2D eigenvalue weighted by Crippen LogP contribution is -2.40. The van der Waals surface area contributed by atoms with E-state index in [4.69, 9.17) is 4.42 Å². The van der Waals surface area contributed by atoms with Crippen molar-refractivity contribution in [2.75, 3.05) is 11.5 Å². The molecule has 1 unspecified atom stereocenters. The number of unbranched alkanes of at least 4 members (excludes halogenated alkanes) is 1. The summed E-state index contributed by atoms with van der Waals surface area (Å²) in [5.74, 6) is 0.961. The third-order valence-electron chi connectivity index (χ3n) is 3.62. The first-order valence-corrected chi connectivity index (χ1v) is 8.86. The lowest BCUT2D eigenvalue weighted by molar-refractivity contribution is -0.134. The van der Waals surface area contributed by atoms with Crippen LogP contribution in [-0.4, -0.2) is 36.8 Å². The second-order valence-corrected chi connectivity index (χ2v) is 7.49. The third-order valence-corrected chi connectivity index (χ3v) is 5.37. The molecule has 0 N–H and O–H groups in total. The maximum atomic E-state index is 12.3. The van der Waals surface area contributed by atoms with E-state index in [0.29, 0.717) is 25.1 Å². The fraction of sp³-hybridized carbons (Fsp3) is 0.643. The van der Waals surface area contributed by atoms with E-state index in [2.05, 4.69) is 0 Å². The number of rotatable bonds is 6. The summed E-state index contributed by atoms with van der Waals surface area (Å²) >= 11 is 0. The normalized spacial score (nSPS) is 20.9. The Bertz CT molecular complexity index is 536. The second kappa shape index (κ2) is 6.43.